The van der Waals surface area contributed by atoms with Crippen molar-refractivity contribution in [2.45, 2.75) is 6.42 Å². The van der Waals surface area contributed by atoms with Gasteiger partial charge in [-0.05, 0) is 18.2 Å². The predicted molar refractivity (Wildman–Crippen MR) is 55.3 cm³/mol. The molecule has 0 atom stereocenters. The van der Waals surface area contributed by atoms with Gasteiger partial charge in [-0.2, -0.15) is 0 Å². The molecule has 1 aromatic rings. The molecule has 0 radical (unpaired) electrons. The third kappa shape index (κ3) is 3.82. The van der Waals surface area contributed by atoms with Crippen molar-refractivity contribution in [3.63, 3.8) is 0 Å². The number of nitrogens with zero attached hydrogens (tertiary/aromatic N) is 1. The number of benzene rings is 1. The van der Waals surface area contributed by atoms with E-state index in [1.54, 1.807) is 0 Å². The van der Waals surface area contributed by atoms with Crippen LogP contribution in [0.5, 0.6) is 0 Å². The molecular formula is C11H11F2NO3. The molecule has 0 saturated carbocycles. The Balaban J connectivity index is 2.73. The van der Waals surface area contributed by atoms with Gasteiger partial charge in [-0.1, -0.05) is 0 Å². The van der Waals surface area contributed by atoms with Crippen LogP contribution in [0.2, 0.25) is 0 Å². The van der Waals surface area contributed by atoms with Crippen LogP contribution in [-0.4, -0.2) is 35.5 Å². The Hall–Kier alpha value is -1.98. The smallest absolute Gasteiger partial charge is 0.323 e. The van der Waals surface area contributed by atoms with Crippen LogP contribution >= 0.6 is 0 Å². The molecule has 0 aliphatic rings. The highest BCUT2D eigenvalue weighted by Gasteiger charge is 2.15. The number of hydrogen-bond acceptors (Lipinski definition) is 2. The fraction of sp³-hybridized carbons (Fsp3) is 0.273. The summed E-state index contributed by atoms with van der Waals surface area (Å²) in [7, 11) is 1.29. The fourth-order valence-corrected chi connectivity index (χ4v) is 1.27. The standard InChI is InChI=1S/C11H11F2NO3/c1-14(6-11(16)17)10(15)5-7-4-8(12)2-3-9(7)13/h2-4H,5-6H2,1H3,(H,16,17). The number of rotatable bonds is 4. The van der Waals surface area contributed by atoms with E-state index < -0.39 is 30.1 Å². The van der Waals surface area contributed by atoms with E-state index in [4.69, 9.17) is 5.11 Å². The van der Waals surface area contributed by atoms with Gasteiger partial charge in [0, 0.05) is 12.6 Å². The minimum Gasteiger partial charge on any atom is -0.480 e. The average Bonchev–Trinajstić information content (AvgIpc) is 2.22. The molecule has 0 aromatic heterocycles. The minimum atomic E-state index is -1.17. The Morgan fingerprint density at radius 1 is 1.35 bits per heavy atom. The number of carbonyl (C=O) groups excluding carboxylic acids is 1. The molecule has 0 aliphatic heterocycles. The first kappa shape index (κ1) is 13.1. The van der Waals surface area contributed by atoms with Crippen molar-refractivity contribution in [3.05, 3.63) is 35.4 Å². The normalized spacial score (nSPS) is 10.1. The number of carboxylic acid groups (broad SMARTS) is 1. The maximum absolute atomic E-state index is 13.2. The summed E-state index contributed by atoms with van der Waals surface area (Å²) < 4.78 is 26.0. The molecule has 0 saturated heterocycles. The largest absolute Gasteiger partial charge is 0.480 e. The van der Waals surface area contributed by atoms with Crippen LogP contribution in [0.4, 0.5) is 8.78 Å². The Labute approximate surface area is 96.5 Å². The number of carbonyl (C=O) groups is 2. The van der Waals surface area contributed by atoms with Crippen LogP contribution in [0.3, 0.4) is 0 Å². The van der Waals surface area contributed by atoms with Gasteiger partial charge in [0.25, 0.3) is 0 Å². The number of carboxylic acids is 1. The highest BCUT2D eigenvalue weighted by atomic mass is 19.1. The third-order valence-electron chi connectivity index (χ3n) is 2.15. The first-order valence-corrected chi connectivity index (χ1v) is 4.80. The molecule has 92 valence electrons. The van der Waals surface area contributed by atoms with Crippen molar-refractivity contribution in [2.75, 3.05) is 13.6 Å². The van der Waals surface area contributed by atoms with E-state index in [1.165, 1.54) is 7.05 Å². The van der Waals surface area contributed by atoms with Crippen LogP contribution in [0.15, 0.2) is 18.2 Å². The maximum Gasteiger partial charge on any atom is 0.323 e. The van der Waals surface area contributed by atoms with Crippen molar-refractivity contribution >= 4 is 11.9 Å². The summed E-state index contributed by atoms with van der Waals surface area (Å²) in [6, 6.07) is 2.79. The molecule has 4 nitrogen and oxygen atoms in total. The van der Waals surface area contributed by atoms with Crippen LogP contribution in [-0.2, 0) is 16.0 Å². The lowest BCUT2D eigenvalue weighted by atomic mass is 10.1. The number of halogens is 2. The minimum absolute atomic E-state index is 0.0905. The van der Waals surface area contributed by atoms with Crippen molar-refractivity contribution in [1.29, 1.82) is 0 Å². The molecule has 0 heterocycles. The number of amides is 1. The molecule has 1 amide bonds. The summed E-state index contributed by atoms with van der Waals surface area (Å²) in [5, 5.41) is 8.47. The van der Waals surface area contributed by atoms with E-state index in [-0.39, 0.29) is 12.0 Å². The van der Waals surface area contributed by atoms with Crippen LogP contribution in [0.25, 0.3) is 0 Å². The highest BCUT2D eigenvalue weighted by Crippen LogP contribution is 2.11. The molecule has 0 fully saturated rings. The van der Waals surface area contributed by atoms with E-state index >= 15 is 0 Å². The molecule has 0 unspecified atom stereocenters. The Kier molecular flexibility index (Phi) is 4.14. The lowest BCUT2D eigenvalue weighted by Gasteiger charge is -2.14. The molecule has 1 aromatic carbocycles. The van der Waals surface area contributed by atoms with Gasteiger partial charge in [0.1, 0.15) is 18.2 Å². The summed E-state index contributed by atoms with van der Waals surface area (Å²) >= 11 is 0. The first-order valence-electron chi connectivity index (χ1n) is 4.80. The van der Waals surface area contributed by atoms with Crippen LogP contribution in [0, 0.1) is 11.6 Å². The van der Waals surface area contributed by atoms with Crippen LogP contribution < -0.4 is 0 Å². The fourth-order valence-electron chi connectivity index (χ4n) is 1.27. The second-order valence-electron chi connectivity index (χ2n) is 3.56. The van der Waals surface area contributed by atoms with E-state index in [9.17, 15) is 18.4 Å². The van der Waals surface area contributed by atoms with Crippen molar-refractivity contribution in [2.24, 2.45) is 0 Å². The van der Waals surface area contributed by atoms with E-state index in [1.807, 2.05) is 0 Å². The van der Waals surface area contributed by atoms with Gasteiger partial charge in [0.05, 0.1) is 6.42 Å². The zero-order valence-electron chi connectivity index (χ0n) is 9.11. The molecule has 1 N–H and O–H groups in total. The summed E-state index contributed by atoms with van der Waals surface area (Å²) in [5.74, 6) is -3.09. The number of aliphatic carboxylic acids is 1. The monoisotopic (exact) mass is 243 g/mol. The molecule has 17 heavy (non-hydrogen) atoms. The van der Waals surface area contributed by atoms with Crippen molar-refractivity contribution in [3.8, 4) is 0 Å². The summed E-state index contributed by atoms with van der Waals surface area (Å²) in [4.78, 5) is 22.8. The van der Waals surface area contributed by atoms with Crippen LogP contribution in [0.1, 0.15) is 5.56 Å². The lowest BCUT2D eigenvalue weighted by Crippen LogP contribution is -2.33. The molecular weight excluding hydrogens is 232 g/mol. The first-order chi connectivity index (χ1) is 7.90. The van der Waals surface area contributed by atoms with Gasteiger partial charge < -0.3 is 10.0 Å². The van der Waals surface area contributed by atoms with Gasteiger partial charge >= 0.3 is 5.97 Å². The maximum atomic E-state index is 13.2. The molecule has 1 rings (SSSR count). The Morgan fingerprint density at radius 2 is 2.00 bits per heavy atom. The third-order valence-corrected chi connectivity index (χ3v) is 2.15. The van der Waals surface area contributed by atoms with Gasteiger partial charge in [0.15, 0.2) is 0 Å². The molecule has 6 heteroatoms. The molecule has 0 aliphatic carbocycles. The van der Waals surface area contributed by atoms with Crippen molar-refractivity contribution in [1.82, 2.24) is 4.90 Å². The summed E-state index contributed by atoms with van der Waals surface area (Å²) in [6.45, 7) is -0.476. The second-order valence-corrected chi connectivity index (χ2v) is 3.56. The number of hydrogen-bond donors (Lipinski definition) is 1. The van der Waals surface area contributed by atoms with E-state index in [0.717, 1.165) is 23.1 Å². The summed E-state index contributed by atoms with van der Waals surface area (Å²) in [5.41, 5.74) is -0.0905. The quantitative estimate of drug-likeness (QED) is 0.859. The lowest BCUT2D eigenvalue weighted by molar-refractivity contribution is -0.143. The van der Waals surface area contributed by atoms with Gasteiger partial charge in [-0.25, -0.2) is 8.78 Å². The van der Waals surface area contributed by atoms with E-state index in [0.29, 0.717) is 0 Å². The second kappa shape index (κ2) is 5.38. The average molecular weight is 243 g/mol. The molecule has 0 bridgehead atoms. The Bertz CT molecular complexity index is 448. The summed E-state index contributed by atoms with van der Waals surface area (Å²) in [6.07, 6.45) is -0.368. The topological polar surface area (TPSA) is 57.6 Å². The predicted octanol–water partition coefficient (Wildman–Crippen LogP) is 1.05. The molecule has 0 spiro atoms. The zero-order chi connectivity index (χ0) is 13.0. The van der Waals surface area contributed by atoms with Crippen molar-refractivity contribution < 1.29 is 23.5 Å². The zero-order valence-corrected chi connectivity index (χ0v) is 9.11. The van der Waals surface area contributed by atoms with Gasteiger partial charge in [0.2, 0.25) is 5.91 Å². The van der Waals surface area contributed by atoms with Gasteiger partial charge in [-0.3, -0.25) is 9.59 Å². The highest BCUT2D eigenvalue weighted by molar-refractivity contribution is 5.82. The SMILES string of the molecule is CN(CC(=O)O)C(=O)Cc1cc(F)ccc1F. The Morgan fingerprint density at radius 3 is 2.59 bits per heavy atom. The van der Waals surface area contributed by atoms with Gasteiger partial charge in [-0.15, -0.1) is 0 Å². The van der Waals surface area contributed by atoms with E-state index in [2.05, 4.69) is 0 Å². The number of likely N-dealkylation sites (N-methyl/N-ethyl adjacent to an activating group) is 1.